The third-order valence-corrected chi connectivity index (χ3v) is 5.89. The highest BCUT2D eigenvalue weighted by Gasteiger charge is 2.33. The summed E-state index contributed by atoms with van der Waals surface area (Å²) in [5, 5.41) is 0.599. The van der Waals surface area contributed by atoms with E-state index in [1.54, 1.807) is 29.8 Å². The van der Waals surface area contributed by atoms with Gasteiger partial charge in [-0.3, -0.25) is 9.36 Å². The van der Waals surface area contributed by atoms with E-state index in [0.29, 0.717) is 33.3 Å². The van der Waals surface area contributed by atoms with E-state index in [9.17, 15) is 18.0 Å². The normalized spacial score (nSPS) is 12.0. The maximum Gasteiger partial charge on any atom is 0.433 e. The van der Waals surface area contributed by atoms with Gasteiger partial charge in [-0.25, -0.2) is 9.97 Å². The zero-order chi connectivity index (χ0) is 24.4. The molecule has 0 saturated carbocycles. The van der Waals surface area contributed by atoms with Gasteiger partial charge in [0.1, 0.15) is 11.3 Å². The molecule has 0 atom stereocenters. The number of pyridine rings is 2. The molecule has 3 heterocycles. The average molecular weight is 485 g/mol. The molecule has 3 aromatic heterocycles. The molecule has 11 heteroatoms. The summed E-state index contributed by atoms with van der Waals surface area (Å²) in [6, 6.07) is 13.2. The number of imidazole rings is 1. The monoisotopic (exact) mass is 484 g/mol. The van der Waals surface area contributed by atoms with E-state index in [1.165, 1.54) is 30.3 Å². The first-order chi connectivity index (χ1) is 16.1. The molecule has 7 nitrogen and oxygen atoms in total. The third kappa shape index (κ3) is 3.34. The number of anilines is 2. The number of aryl methyl sites for hydroxylation is 1. The summed E-state index contributed by atoms with van der Waals surface area (Å²) in [6.07, 6.45) is -4.70. The van der Waals surface area contributed by atoms with Gasteiger partial charge >= 0.3 is 6.18 Å². The zero-order valence-corrected chi connectivity index (χ0v) is 18.3. The molecular weight excluding hydrogens is 469 g/mol. The first-order valence-electron chi connectivity index (χ1n) is 9.97. The van der Waals surface area contributed by atoms with Gasteiger partial charge in [-0.05, 0) is 54.1 Å². The fourth-order valence-corrected chi connectivity index (χ4v) is 4.04. The lowest BCUT2D eigenvalue weighted by Gasteiger charge is -2.17. The van der Waals surface area contributed by atoms with Gasteiger partial charge in [0.15, 0.2) is 0 Å². The Morgan fingerprint density at radius 2 is 1.68 bits per heavy atom. The standard InChI is InChI=1S/C23H16ClF3N6O/c1-32-16-10-11(2-8-15(16)30-22(32)29)18-19(28)14-7-9-17(23(25,26)27)31-20(14)33(21(18)34)13-5-3-12(24)4-6-13/h2-10H,28H2,1H3,(H2,29,30). The van der Waals surface area contributed by atoms with E-state index in [2.05, 4.69) is 9.97 Å². The predicted octanol–water partition coefficient (Wildman–Crippen LogP) is 4.78. The number of nitrogens with zero attached hydrogens (tertiary/aromatic N) is 4. The number of halogens is 4. The number of aromatic nitrogens is 4. The van der Waals surface area contributed by atoms with Gasteiger partial charge < -0.3 is 16.0 Å². The van der Waals surface area contributed by atoms with E-state index >= 15 is 0 Å². The lowest BCUT2D eigenvalue weighted by molar-refractivity contribution is -0.141. The van der Waals surface area contributed by atoms with Crippen molar-refractivity contribution < 1.29 is 13.2 Å². The molecule has 0 bridgehead atoms. The van der Waals surface area contributed by atoms with E-state index in [1.807, 2.05) is 0 Å². The van der Waals surface area contributed by atoms with Crippen LogP contribution in [0.3, 0.4) is 0 Å². The molecule has 2 aromatic carbocycles. The van der Waals surface area contributed by atoms with Crippen LogP contribution >= 0.6 is 11.6 Å². The molecule has 5 aromatic rings. The van der Waals surface area contributed by atoms with E-state index in [0.717, 1.165) is 10.6 Å². The van der Waals surface area contributed by atoms with Gasteiger partial charge in [0.05, 0.1) is 28.0 Å². The van der Waals surface area contributed by atoms with Crippen LogP contribution in [-0.4, -0.2) is 19.1 Å². The van der Waals surface area contributed by atoms with Crippen LogP contribution < -0.4 is 17.0 Å². The average Bonchev–Trinajstić information content (AvgIpc) is 3.07. The van der Waals surface area contributed by atoms with Crippen LogP contribution in [0.2, 0.25) is 5.02 Å². The Kier molecular flexibility index (Phi) is 4.80. The number of rotatable bonds is 2. The predicted molar refractivity (Wildman–Crippen MR) is 126 cm³/mol. The molecule has 5 rings (SSSR count). The van der Waals surface area contributed by atoms with Crippen molar-refractivity contribution in [1.29, 1.82) is 0 Å². The Balaban J connectivity index is 1.90. The lowest BCUT2D eigenvalue weighted by atomic mass is 10.0. The minimum absolute atomic E-state index is 0.0147. The number of benzene rings is 2. The summed E-state index contributed by atoms with van der Waals surface area (Å²) < 4.78 is 43.0. The minimum atomic E-state index is -4.70. The van der Waals surface area contributed by atoms with Crippen molar-refractivity contribution in [1.82, 2.24) is 19.1 Å². The lowest BCUT2D eigenvalue weighted by Crippen LogP contribution is -2.24. The Morgan fingerprint density at radius 1 is 0.971 bits per heavy atom. The topological polar surface area (TPSA) is 105 Å². The molecule has 172 valence electrons. The summed E-state index contributed by atoms with van der Waals surface area (Å²) >= 11 is 5.98. The van der Waals surface area contributed by atoms with Crippen molar-refractivity contribution >= 4 is 45.3 Å². The molecule has 34 heavy (non-hydrogen) atoms. The summed E-state index contributed by atoms with van der Waals surface area (Å²) in [7, 11) is 1.73. The summed E-state index contributed by atoms with van der Waals surface area (Å²) in [6.45, 7) is 0. The molecule has 0 radical (unpaired) electrons. The summed E-state index contributed by atoms with van der Waals surface area (Å²) in [5.41, 5.74) is 12.4. The van der Waals surface area contributed by atoms with Crippen molar-refractivity contribution in [3.05, 3.63) is 75.7 Å². The molecule has 0 unspecified atom stereocenters. The van der Waals surface area contributed by atoms with Crippen LogP contribution in [0.25, 0.3) is 38.9 Å². The smallest absolute Gasteiger partial charge is 0.397 e. The quantitative estimate of drug-likeness (QED) is 0.375. The highest BCUT2D eigenvalue weighted by atomic mass is 35.5. The summed E-state index contributed by atoms with van der Waals surface area (Å²) in [5.74, 6) is 0.293. The maximum atomic E-state index is 13.8. The van der Waals surface area contributed by atoms with Gasteiger partial charge in [0.2, 0.25) is 5.95 Å². The highest BCUT2D eigenvalue weighted by Crippen LogP contribution is 2.35. The molecule has 0 aliphatic heterocycles. The van der Waals surface area contributed by atoms with Crippen LogP contribution in [0.15, 0.2) is 59.4 Å². The van der Waals surface area contributed by atoms with Gasteiger partial charge in [-0.15, -0.1) is 0 Å². The Labute approximate surface area is 195 Å². The molecule has 0 aliphatic carbocycles. The number of hydrogen-bond donors (Lipinski definition) is 2. The molecule has 0 aliphatic rings. The number of nitrogens with two attached hydrogens (primary N) is 2. The Hall–Kier alpha value is -4.05. The van der Waals surface area contributed by atoms with Gasteiger partial charge in [0.25, 0.3) is 5.56 Å². The Bertz CT molecular complexity index is 1660. The van der Waals surface area contributed by atoms with Crippen LogP contribution in [0.4, 0.5) is 24.8 Å². The van der Waals surface area contributed by atoms with Crippen molar-refractivity contribution in [2.45, 2.75) is 6.18 Å². The van der Waals surface area contributed by atoms with Gasteiger partial charge in [-0.1, -0.05) is 17.7 Å². The third-order valence-electron chi connectivity index (χ3n) is 5.64. The fraction of sp³-hybridized carbons (Fsp3) is 0.0870. The molecule has 4 N–H and O–H groups in total. The van der Waals surface area contributed by atoms with Crippen molar-refractivity contribution in [3.8, 4) is 16.8 Å². The summed E-state index contributed by atoms with van der Waals surface area (Å²) in [4.78, 5) is 21.8. The number of alkyl halides is 3. The number of nitrogen functional groups attached to an aromatic ring is 2. The zero-order valence-electron chi connectivity index (χ0n) is 17.6. The van der Waals surface area contributed by atoms with Crippen molar-refractivity contribution in [2.75, 3.05) is 11.5 Å². The molecule has 0 fully saturated rings. The highest BCUT2D eigenvalue weighted by molar-refractivity contribution is 6.30. The van der Waals surface area contributed by atoms with Crippen LogP contribution in [0.5, 0.6) is 0 Å². The van der Waals surface area contributed by atoms with E-state index < -0.39 is 17.4 Å². The molecule has 0 spiro atoms. The van der Waals surface area contributed by atoms with Crippen LogP contribution in [-0.2, 0) is 13.2 Å². The SMILES string of the molecule is Cn1c(N)nc2ccc(-c3c(N)c4ccc(C(F)(F)F)nc4n(-c4ccc(Cl)cc4)c3=O)cc21. The largest absolute Gasteiger partial charge is 0.433 e. The van der Waals surface area contributed by atoms with E-state index in [4.69, 9.17) is 23.1 Å². The van der Waals surface area contributed by atoms with Crippen LogP contribution in [0, 0.1) is 0 Å². The first kappa shape index (κ1) is 21.8. The van der Waals surface area contributed by atoms with E-state index in [-0.39, 0.29) is 22.3 Å². The second-order valence-corrected chi connectivity index (χ2v) is 8.14. The van der Waals surface area contributed by atoms with Gasteiger partial charge in [-0.2, -0.15) is 13.2 Å². The Morgan fingerprint density at radius 3 is 2.35 bits per heavy atom. The minimum Gasteiger partial charge on any atom is -0.397 e. The molecule has 0 amide bonds. The molecule has 0 saturated heterocycles. The second kappa shape index (κ2) is 7.49. The number of hydrogen-bond acceptors (Lipinski definition) is 5. The van der Waals surface area contributed by atoms with Crippen LogP contribution in [0.1, 0.15) is 5.69 Å². The molecular formula is C23H16ClF3N6O. The van der Waals surface area contributed by atoms with Crippen molar-refractivity contribution in [3.63, 3.8) is 0 Å². The maximum absolute atomic E-state index is 13.8. The fourth-order valence-electron chi connectivity index (χ4n) is 3.92. The van der Waals surface area contributed by atoms with Crippen molar-refractivity contribution in [2.24, 2.45) is 7.05 Å². The second-order valence-electron chi connectivity index (χ2n) is 7.70. The van der Waals surface area contributed by atoms with Gasteiger partial charge in [0, 0.05) is 17.5 Å². The first-order valence-corrected chi connectivity index (χ1v) is 10.3. The number of fused-ring (bicyclic) bond motifs is 2.